The molecule has 0 aliphatic rings. The van der Waals surface area contributed by atoms with E-state index in [1.165, 1.54) is 83.5 Å². The highest BCUT2D eigenvalue weighted by Gasteiger charge is 2.23. The lowest BCUT2D eigenvalue weighted by Gasteiger charge is -2.15. The Bertz CT molecular complexity index is 820. The van der Waals surface area contributed by atoms with Gasteiger partial charge in [-0.05, 0) is 44.9 Å². The molecule has 1 amide bonds. The molecular weight excluding hydrogens is 605 g/mol. The zero-order chi connectivity index (χ0) is 34.0. The van der Waals surface area contributed by atoms with Gasteiger partial charge in [-0.25, -0.2) is 4.57 Å². The Kier molecular flexibility index (Phi) is 32.3. The number of ether oxygens (including phenoxy) is 1. The van der Waals surface area contributed by atoms with Crippen LogP contribution in [0.2, 0.25) is 0 Å². The number of unbranched alkanes of at least 4 members (excludes halogenated alkanes) is 17. The van der Waals surface area contributed by atoms with Gasteiger partial charge in [-0.2, -0.15) is 0 Å². The molecule has 0 radical (unpaired) electrons. The van der Waals surface area contributed by atoms with Crippen molar-refractivity contribution in [3.63, 3.8) is 0 Å². The Labute approximate surface area is 280 Å². The molecule has 0 spiro atoms. The Balaban J connectivity index is 3.55. The maximum atomic E-state index is 11.9. The number of rotatable bonds is 34. The Morgan fingerprint density at radius 3 is 1.78 bits per heavy atom. The third kappa shape index (κ3) is 33.8. The summed E-state index contributed by atoms with van der Waals surface area (Å²) in [6, 6.07) is 0. The van der Waals surface area contributed by atoms with Crippen LogP contribution in [0.1, 0.15) is 162 Å². The third-order valence-electron chi connectivity index (χ3n) is 7.63. The molecular formula is C36H68NO8P. The quantitative estimate of drug-likeness (QED) is 0.0267. The highest BCUT2D eigenvalue weighted by molar-refractivity contribution is 7.47. The maximum Gasteiger partial charge on any atom is 0.472 e. The van der Waals surface area contributed by atoms with Crippen molar-refractivity contribution in [2.45, 2.75) is 168 Å². The van der Waals surface area contributed by atoms with Gasteiger partial charge in [0.25, 0.3) is 0 Å². The number of aliphatic hydroxyl groups excluding tert-OH is 1. The van der Waals surface area contributed by atoms with Gasteiger partial charge >= 0.3 is 13.8 Å². The van der Waals surface area contributed by atoms with E-state index >= 15 is 0 Å². The molecule has 2 unspecified atom stereocenters. The summed E-state index contributed by atoms with van der Waals surface area (Å²) in [6.07, 6.45) is 33.1. The number of carbonyl (C=O) groups excluding carboxylic acids is 2. The van der Waals surface area contributed by atoms with Gasteiger partial charge in [0.05, 0.1) is 13.2 Å². The molecule has 2 atom stereocenters. The average Bonchev–Trinajstić information content (AvgIpc) is 3.04. The number of phosphoric acid groups is 1. The standard InChI is InChI=1S/C36H68NO8P/c1-3-5-7-9-10-11-12-13-14-15-16-17-18-19-20-21-22-23-24-25-27-29-36(40)43-32-34(38)33-45-46(41,42)44-31-30-37-35(39)28-26-8-6-4-2/h10-11,13-14,34,38H,3-9,12,15-33H2,1-2H3,(H,37,39)(H,41,42)/b11-10-,14-13-. The first-order valence-electron chi connectivity index (χ1n) is 18.3. The number of esters is 1. The van der Waals surface area contributed by atoms with Crippen LogP contribution in [0.5, 0.6) is 0 Å². The monoisotopic (exact) mass is 673 g/mol. The molecule has 3 N–H and O–H groups in total. The maximum absolute atomic E-state index is 11.9. The summed E-state index contributed by atoms with van der Waals surface area (Å²) in [4.78, 5) is 33.3. The molecule has 0 rings (SSSR count). The van der Waals surface area contributed by atoms with Gasteiger partial charge in [0.15, 0.2) is 0 Å². The number of amides is 1. The lowest BCUT2D eigenvalue weighted by atomic mass is 10.0. The van der Waals surface area contributed by atoms with Gasteiger partial charge in [-0.15, -0.1) is 0 Å². The van der Waals surface area contributed by atoms with Crippen LogP contribution in [0, 0.1) is 0 Å². The van der Waals surface area contributed by atoms with E-state index in [4.69, 9.17) is 13.8 Å². The van der Waals surface area contributed by atoms with Crippen molar-refractivity contribution in [1.29, 1.82) is 0 Å². The SMILES string of the molecule is CCCCC/C=C\C/C=C\CCCCCCCCCCCCCC(=O)OCC(O)COP(=O)(O)OCCNC(=O)CCCCCC. The van der Waals surface area contributed by atoms with E-state index in [9.17, 15) is 24.2 Å². The van der Waals surface area contributed by atoms with E-state index < -0.39 is 26.5 Å². The molecule has 9 nitrogen and oxygen atoms in total. The van der Waals surface area contributed by atoms with Crippen LogP contribution in [0.4, 0.5) is 0 Å². The minimum atomic E-state index is -4.39. The van der Waals surface area contributed by atoms with Crippen molar-refractivity contribution in [2.75, 3.05) is 26.4 Å². The first-order valence-corrected chi connectivity index (χ1v) is 19.8. The second kappa shape index (κ2) is 33.4. The molecule has 0 fully saturated rings. The molecule has 0 aromatic carbocycles. The van der Waals surface area contributed by atoms with Crippen molar-refractivity contribution in [1.82, 2.24) is 5.32 Å². The van der Waals surface area contributed by atoms with Gasteiger partial charge in [0, 0.05) is 19.4 Å². The predicted octanol–water partition coefficient (Wildman–Crippen LogP) is 9.26. The summed E-state index contributed by atoms with van der Waals surface area (Å²) in [5.74, 6) is -0.536. The summed E-state index contributed by atoms with van der Waals surface area (Å²) in [6.45, 7) is 3.39. The Morgan fingerprint density at radius 2 is 1.17 bits per heavy atom. The molecule has 0 saturated heterocycles. The van der Waals surface area contributed by atoms with Crippen LogP contribution < -0.4 is 5.32 Å². The molecule has 0 aliphatic heterocycles. The van der Waals surface area contributed by atoms with Crippen molar-refractivity contribution in [3.8, 4) is 0 Å². The highest BCUT2D eigenvalue weighted by Crippen LogP contribution is 2.42. The molecule has 0 aliphatic carbocycles. The second-order valence-corrected chi connectivity index (χ2v) is 13.7. The van der Waals surface area contributed by atoms with E-state index in [1.807, 2.05) is 0 Å². The molecule has 10 heteroatoms. The number of phosphoric ester groups is 1. The summed E-state index contributed by atoms with van der Waals surface area (Å²) >= 11 is 0. The third-order valence-corrected chi connectivity index (χ3v) is 8.62. The summed E-state index contributed by atoms with van der Waals surface area (Å²) in [7, 11) is -4.39. The van der Waals surface area contributed by atoms with Gasteiger partial charge in [0.1, 0.15) is 12.7 Å². The fraction of sp³-hybridized carbons (Fsp3) is 0.833. The van der Waals surface area contributed by atoms with E-state index in [1.54, 1.807) is 0 Å². The number of aliphatic hydroxyl groups is 1. The van der Waals surface area contributed by atoms with Gasteiger partial charge in [-0.1, -0.05) is 128 Å². The average molecular weight is 674 g/mol. The molecule has 0 aromatic heterocycles. The molecule has 0 heterocycles. The zero-order valence-corrected chi connectivity index (χ0v) is 30.2. The lowest BCUT2D eigenvalue weighted by molar-refractivity contribution is -0.147. The summed E-state index contributed by atoms with van der Waals surface area (Å²) in [5, 5.41) is 12.5. The highest BCUT2D eigenvalue weighted by atomic mass is 31.2. The fourth-order valence-corrected chi connectivity index (χ4v) is 5.58. The zero-order valence-electron chi connectivity index (χ0n) is 29.3. The van der Waals surface area contributed by atoms with Crippen molar-refractivity contribution < 1.29 is 37.9 Å². The Morgan fingerprint density at radius 1 is 0.674 bits per heavy atom. The minimum Gasteiger partial charge on any atom is -0.463 e. The number of nitrogens with one attached hydrogen (secondary N) is 1. The number of carbonyl (C=O) groups is 2. The lowest BCUT2D eigenvalue weighted by Crippen LogP contribution is -2.27. The van der Waals surface area contributed by atoms with Gasteiger partial charge < -0.3 is 20.1 Å². The molecule has 0 saturated carbocycles. The number of allylic oxidation sites excluding steroid dienone is 4. The summed E-state index contributed by atoms with van der Waals surface area (Å²) < 4.78 is 26.5. The predicted molar refractivity (Wildman–Crippen MR) is 188 cm³/mol. The second-order valence-electron chi connectivity index (χ2n) is 12.2. The smallest absolute Gasteiger partial charge is 0.463 e. The van der Waals surface area contributed by atoms with E-state index in [2.05, 4.69) is 43.5 Å². The van der Waals surface area contributed by atoms with Crippen molar-refractivity contribution >= 4 is 19.7 Å². The Hall–Kier alpha value is -1.51. The first-order chi connectivity index (χ1) is 22.3. The van der Waals surface area contributed by atoms with Crippen LogP contribution in [-0.4, -0.2) is 54.3 Å². The van der Waals surface area contributed by atoms with Crippen LogP contribution >= 0.6 is 7.82 Å². The van der Waals surface area contributed by atoms with Crippen LogP contribution in [-0.2, 0) is 27.9 Å². The number of hydrogen-bond acceptors (Lipinski definition) is 7. The van der Waals surface area contributed by atoms with E-state index in [-0.39, 0.29) is 32.1 Å². The topological polar surface area (TPSA) is 131 Å². The van der Waals surface area contributed by atoms with Crippen LogP contribution in [0.15, 0.2) is 24.3 Å². The first kappa shape index (κ1) is 44.5. The summed E-state index contributed by atoms with van der Waals surface area (Å²) in [5.41, 5.74) is 0. The van der Waals surface area contributed by atoms with Gasteiger partial charge in [-0.3, -0.25) is 18.6 Å². The van der Waals surface area contributed by atoms with Gasteiger partial charge in [0.2, 0.25) is 5.91 Å². The fourth-order valence-electron chi connectivity index (χ4n) is 4.82. The molecule has 0 aromatic rings. The van der Waals surface area contributed by atoms with Crippen molar-refractivity contribution in [3.05, 3.63) is 24.3 Å². The minimum absolute atomic E-state index is 0.0806. The molecule has 270 valence electrons. The van der Waals surface area contributed by atoms with E-state index in [0.29, 0.717) is 6.42 Å². The van der Waals surface area contributed by atoms with E-state index in [0.717, 1.165) is 51.4 Å². The number of hydrogen-bond donors (Lipinski definition) is 3. The largest absolute Gasteiger partial charge is 0.472 e. The van der Waals surface area contributed by atoms with Crippen molar-refractivity contribution in [2.24, 2.45) is 0 Å². The van der Waals surface area contributed by atoms with Crippen LogP contribution in [0.25, 0.3) is 0 Å². The molecule has 46 heavy (non-hydrogen) atoms. The molecule has 0 bridgehead atoms. The normalized spacial score (nSPS) is 13.7. The van der Waals surface area contributed by atoms with Crippen LogP contribution in [0.3, 0.4) is 0 Å².